The third-order valence-electron chi connectivity index (χ3n) is 1.50. The zero-order chi connectivity index (χ0) is 8.91. The highest BCUT2D eigenvalue weighted by molar-refractivity contribution is 5.07. The van der Waals surface area contributed by atoms with Crippen molar-refractivity contribution in [1.82, 2.24) is 5.32 Å². The normalized spacial score (nSPS) is 13.7. The Hall–Kier alpha value is -0.300. The van der Waals surface area contributed by atoms with Gasteiger partial charge in [-0.05, 0) is 18.9 Å². The highest BCUT2D eigenvalue weighted by atomic mass is 14.8. The van der Waals surface area contributed by atoms with Gasteiger partial charge in [-0.15, -0.1) is 0 Å². The van der Waals surface area contributed by atoms with Gasteiger partial charge in [0.05, 0.1) is 0 Å². The molecule has 0 atom stereocenters. The van der Waals surface area contributed by atoms with Crippen LogP contribution in [-0.2, 0) is 0 Å². The first-order valence-corrected chi connectivity index (χ1v) is 4.35. The Labute approximate surface area is 70.9 Å². The molecule has 0 aliphatic heterocycles. The number of nitrogens with one attached hydrogen (secondary N) is 1. The highest BCUT2D eigenvalue weighted by Gasteiger charge is 2.06. The largest absolute Gasteiger partial charge is 0.316 e. The van der Waals surface area contributed by atoms with Crippen LogP contribution in [0.1, 0.15) is 34.1 Å². The third kappa shape index (κ3) is 6.11. The van der Waals surface area contributed by atoms with E-state index in [0.717, 1.165) is 13.0 Å². The van der Waals surface area contributed by atoms with Crippen molar-refractivity contribution in [2.24, 2.45) is 5.41 Å². The minimum absolute atomic E-state index is 0.322. The lowest BCUT2D eigenvalue weighted by atomic mass is 9.93. The quantitative estimate of drug-likeness (QED) is 0.618. The number of hydrogen-bond donors (Lipinski definition) is 1. The van der Waals surface area contributed by atoms with Crippen molar-refractivity contribution in [2.45, 2.75) is 34.1 Å². The fourth-order valence-corrected chi connectivity index (χ4v) is 1.12. The second-order valence-electron chi connectivity index (χ2n) is 4.05. The van der Waals surface area contributed by atoms with Crippen molar-refractivity contribution in [2.75, 3.05) is 13.6 Å². The third-order valence-corrected chi connectivity index (χ3v) is 1.50. The average Bonchev–Trinajstić information content (AvgIpc) is 1.84. The van der Waals surface area contributed by atoms with Gasteiger partial charge < -0.3 is 5.32 Å². The van der Waals surface area contributed by atoms with Crippen LogP contribution >= 0.6 is 0 Å². The van der Waals surface area contributed by atoms with Crippen LogP contribution in [0.15, 0.2) is 11.6 Å². The van der Waals surface area contributed by atoms with Gasteiger partial charge in [0.1, 0.15) is 0 Å². The van der Waals surface area contributed by atoms with Crippen molar-refractivity contribution < 1.29 is 0 Å². The van der Waals surface area contributed by atoms with E-state index in [2.05, 4.69) is 39.1 Å². The SMILES string of the molecule is CCC(=CC(C)(C)C)CNC. The van der Waals surface area contributed by atoms with Gasteiger partial charge in [-0.25, -0.2) is 0 Å². The maximum Gasteiger partial charge on any atom is 0.0161 e. The second kappa shape index (κ2) is 4.55. The standard InChI is InChI=1S/C10H21N/c1-6-9(8-11-5)7-10(2,3)4/h7,11H,6,8H2,1-5H3. The minimum atomic E-state index is 0.322. The monoisotopic (exact) mass is 155 g/mol. The molecule has 0 amide bonds. The van der Waals surface area contributed by atoms with Crippen LogP contribution in [0.2, 0.25) is 0 Å². The van der Waals surface area contributed by atoms with Crippen molar-refractivity contribution in [3.05, 3.63) is 11.6 Å². The predicted octanol–water partition coefficient (Wildman–Crippen LogP) is 2.59. The number of rotatable bonds is 3. The number of likely N-dealkylation sites (N-methyl/N-ethyl adjacent to an activating group) is 1. The summed E-state index contributed by atoms with van der Waals surface area (Å²) in [4.78, 5) is 0. The van der Waals surface area contributed by atoms with Gasteiger partial charge in [-0.2, -0.15) is 0 Å². The molecule has 0 heterocycles. The summed E-state index contributed by atoms with van der Waals surface area (Å²) in [6.45, 7) is 9.93. The van der Waals surface area contributed by atoms with Crippen molar-refractivity contribution in [1.29, 1.82) is 0 Å². The lowest BCUT2D eigenvalue weighted by molar-refractivity contribution is 0.535. The average molecular weight is 155 g/mol. The van der Waals surface area contributed by atoms with Gasteiger partial charge in [-0.3, -0.25) is 0 Å². The molecule has 11 heavy (non-hydrogen) atoms. The Morgan fingerprint density at radius 1 is 1.36 bits per heavy atom. The molecule has 0 aromatic rings. The zero-order valence-electron chi connectivity index (χ0n) is 8.49. The topological polar surface area (TPSA) is 12.0 Å². The Balaban J connectivity index is 4.11. The summed E-state index contributed by atoms with van der Waals surface area (Å²) in [5.41, 5.74) is 1.82. The van der Waals surface area contributed by atoms with Crippen LogP contribution in [0.5, 0.6) is 0 Å². The number of hydrogen-bond acceptors (Lipinski definition) is 1. The first-order valence-electron chi connectivity index (χ1n) is 4.35. The Morgan fingerprint density at radius 2 is 1.91 bits per heavy atom. The first-order chi connectivity index (χ1) is 4.99. The van der Waals surface area contributed by atoms with E-state index in [1.165, 1.54) is 5.57 Å². The lowest BCUT2D eigenvalue weighted by Gasteiger charge is -2.15. The molecular formula is C10H21N. The molecule has 0 aliphatic carbocycles. The highest BCUT2D eigenvalue weighted by Crippen LogP contribution is 2.18. The summed E-state index contributed by atoms with van der Waals surface area (Å²) in [6, 6.07) is 0. The molecule has 0 saturated heterocycles. The lowest BCUT2D eigenvalue weighted by Crippen LogP contribution is -2.12. The smallest absolute Gasteiger partial charge is 0.0161 e. The van der Waals surface area contributed by atoms with Crippen LogP contribution < -0.4 is 5.32 Å². The second-order valence-corrected chi connectivity index (χ2v) is 4.05. The van der Waals surface area contributed by atoms with Gasteiger partial charge in [0.2, 0.25) is 0 Å². The Morgan fingerprint density at radius 3 is 2.18 bits per heavy atom. The van der Waals surface area contributed by atoms with Gasteiger partial charge in [0.25, 0.3) is 0 Å². The van der Waals surface area contributed by atoms with Crippen molar-refractivity contribution in [3.8, 4) is 0 Å². The van der Waals surface area contributed by atoms with E-state index in [1.54, 1.807) is 0 Å². The minimum Gasteiger partial charge on any atom is -0.316 e. The van der Waals surface area contributed by atoms with Gasteiger partial charge in [-0.1, -0.05) is 39.3 Å². The molecule has 0 unspecified atom stereocenters. The Kier molecular flexibility index (Phi) is 4.43. The molecule has 0 saturated carbocycles. The molecule has 1 nitrogen and oxygen atoms in total. The van der Waals surface area contributed by atoms with Crippen LogP contribution in [0.25, 0.3) is 0 Å². The van der Waals surface area contributed by atoms with Crippen LogP contribution in [0, 0.1) is 5.41 Å². The molecule has 0 aromatic heterocycles. The molecular weight excluding hydrogens is 134 g/mol. The van der Waals surface area contributed by atoms with Gasteiger partial charge in [0.15, 0.2) is 0 Å². The van der Waals surface area contributed by atoms with Crippen molar-refractivity contribution in [3.63, 3.8) is 0 Å². The van der Waals surface area contributed by atoms with E-state index in [0.29, 0.717) is 5.41 Å². The van der Waals surface area contributed by atoms with Crippen LogP contribution in [0.4, 0.5) is 0 Å². The van der Waals surface area contributed by atoms with E-state index < -0.39 is 0 Å². The molecule has 1 N–H and O–H groups in total. The number of allylic oxidation sites excluding steroid dienone is 1. The molecule has 0 bridgehead atoms. The fourth-order valence-electron chi connectivity index (χ4n) is 1.12. The molecule has 66 valence electrons. The maximum atomic E-state index is 3.17. The van der Waals surface area contributed by atoms with E-state index in [-0.39, 0.29) is 0 Å². The summed E-state index contributed by atoms with van der Waals surface area (Å²) >= 11 is 0. The fraction of sp³-hybridized carbons (Fsp3) is 0.800. The molecule has 0 rings (SSSR count). The molecule has 0 aliphatic rings. The van der Waals surface area contributed by atoms with Gasteiger partial charge >= 0.3 is 0 Å². The summed E-state index contributed by atoms with van der Waals surface area (Å²) in [5, 5.41) is 3.17. The molecule has 0 radical (unpaired) electrons. The van der Waals surface area contributed by atoms with Gasteiger partial charge in [0, 0.05) is 6.54 Å². The van der Waals surface area contributed by atoms with Crippen LogP contribution in [0.3, 0.4) is 0 Å². The molecule has 1 heteroatoms. The van der Waals surface area contributed by atoms with Crippen molar-refractivity contribution >= 4 is 0 Å². The van der Waals surface area contributed by atoms with E-state index in [9.17, 15) is 0 Å². The predicted molar refractivity (Wildman–Crippen MR) is 51.8 cm³/mol. The zero-order valence-corrected chi connectivity index (χ0v) is 8.49. The summed E-state index contributed by atoms with van der Waals surface area (Å²) in [6.07, 6.45) is 3.50. The van der Waals surface area contributed by atoms with E-state index in [1.807, 2.05) is 7.05 Å². The summed E-state index contributed by atoms with van der Waals surface area (Å²) in [5.74, 6) is 0. The van der Waals surface area contributed by atoms with Crippen LogP contribution in [-0.4, -0.2) is 13.6 Å². The molecule has 0 fully saturated rings. The summed E-state index contributed by atoms with van der Waals surface area (Å²) in [7, 11) is 1.99. The van der Waals surface area contributed by atoms with E-state index >= 15 is 0 Å². The summed E-state index contributed by atoms with van der Waals surface area (Å²) < 4.78 is 0. The van der Waals surface area contributed by atoms with E-state index in [4.69, 9.17) is 0 Å². The molecule has 0 aromatic carbocycles. The first kappa shape index (κ1) is 10.7. The Bertz CT molecular complexity index is 128. The maximum absolute atomic E-state index is 3.17. The molecule has 0 spiro atoms.